The number of hydrogen-bond acceptors (Lipinski definition) is 1. The number of benzene rings is 3. The Bertz CT molecular complexity index is 1400. The van der Waals surface area contributed by atoms with E-state index in [0.717, 1.165) is 17.3 Å². The van der Waals surface area contributed by atoms with E-state index in [1.807, 2.05) is 18.2 Å². The molecule has 2 radical (unpaired) electrons. The molecule has 0 saturated carbocycles. The summed E-state index contributed by atoms with van der Waals surface area (Å²) in [4.78, 5) is 0. The van der Waals surface area contributed by atoms with E-state index in [4.69, 9.17) is 10.1 Å². The van der Waals surface area contributed by atoms with Crippen LogP contribution in [0.4, 0.5) is 0 Å². The minimum absolute atomic E-state index is 0. The van der Waals surface area contributed by atoms with E-state index in [1.165, 1.54) is 16.2 Å². The molecule has 1 heterocycles. The minimum Gasteiger partial charge on any atom is -0.623 e. The summed E-state index contributed by atoms with van der Waals surface area (Å²) in [5.41, 5.74) is 19.3. The molecular formula is C32H20FeNOP. The second kappa shape index (κ2) is 13.1. The fraction of sp³-hybridized carbons (Fsp3) is 0.0938. The smallest absolute Gasteiger partial charge is 0.623 e. The Kier molecular flexibility index (Phi) is 9.40. The Balaban J connectivity index is 0.000000455. The van der Waals surface area contributed by atoms with E-state index in [0.29, 0.717) is 12.8 Å². The van der Waals surface area contributed by atoms with Gasteiger partial charge in [0.05, 0.1) is 0 Å². The Morgan fingerprint density at radius 1 is 0.806 bits per heavy atom. The molecule has 172 valence electrons. The zero-order chi connectivity index (χ0) is 23.7. The van der Waals surface area contributed by atoms with Crippen LogP contribution in [0.3, 0.4) is 0 Å². The van der Waals surface area contributed by atoms with Crippen molar-refractivity contribution >= 4 is 18.5 Å². The fourth-order valence-corrected chi connectivity index (χ4v) is 6.16. The average molecular weight is 521 g/mol. The van der Waals surface area contributed by atoms with Crippen molar-refractivity contribution in [3.63, 3.8) is 0 Å². The first-order valence-corrected chi connectivity index (χ1v) is 12.6. The molecule has 3 aromatic rings. The van der Waals surface area contributed by atoms with Crippen LogP contribution in [0, 0.1) is 18.4 Å². The Morgan fingerprint density at radius 3 is 2.00 bits per heavy atom. The predicted octanol–water partition coefficient (Wildman–Crippen LogP) is 5.98. The molecule has 1 fully saturated rings. The number of allylic oxidation sites excluding steroid dienone is 2. The SMILES string of the molecule is C1=C=C([C]2[N-][C@H](Cc3ccccc3)CO2)C(P(c2ccccc2)c2ccccc2)=C=1.[C]1=C=C=C=[C-]1.[Fe+2]. The van der Waals surface area contributed by atoms with Crippen LogP contribution in [0.2, 0.25) is 0 Å². The zero-order valence-electron chi connectivity index (χ0n) is 19.3. The van der Waals surface area contributed by atoms with Gasteiger partial charge in [-0.05, 0) is 36.2 Å². The van der Waals surface area contributed by atoms with Gasteiger partial charge < -0.3 is 10.1 Å². The van der Waals surface area contributed by atoms with Gasteiger partial charge >= 0.3 is 17.1 Å². The van der Waals surface area contributed by atoms with Gasteiger partial charge in [0.15, 0.2) is 0 Å². The van der Waals surface area contributed by atoms with E-state index in [-0.39, 0.29) is 23.1 Å². The molecule has 0 aromatic heterocycles. The molecule has 0 bridgehead atoms. The van der Waals surface area contributed by atoms with E-state index in [9.17, 15) is 0 Å². The number of ether oxygens (including phenoxy) is 1. The topological polar surface area (TPSA) is 23.3 Å². The van der Waals surface area contributed by atoms with Crippen LogP contribution in [0.15, 0.2) is 136 Å². The molecule has 6 rings (SSSR count). The second-order valence-corrected chi connectivity index (χ2v) is 9.97. The minimum atomic E-state index is -0.787. The summed E-state index contributed by atoms with van der Waals surface area (Å²) >= 11 is 0. The summed E-state index contributed by atoms with van der Waals surface area (Å²) in [6.07, 6.45) is 6.54. The third kappa shape index (κ3) is 6.46. The van der Waals surface area contributed by atoms with Crippen molar-refractivity contribution in [2.75, 3.05) is 6.61 Å². The van der Waals surface area contributed by atoms with E-state index in [2.05, 4.69) is 119 Å². The Morgan fingerprint density at radius 2 is 1.44 bits per heavy atom. The summed E-state index contributed by atoms with van der Waals surface area (Å²) < 4.78 is 6.03. The van der Waals surface area contributed by atoms with Crippen molar-refractivity contribution in [2.45, 2.75) is 12.5 Å². The predicted molar refractivity (Wildman–Crippen MR) is 140 cm³/mol. The Labute approximate surface area is 224 Å². The number of nitrogens with zero attached hydrogens (tertiary/aromatic N) is 1. The van der Waals surface area contributed by atoms with Gasteiger partial charge in [-0.3, -0.25) is 11.5 Å². The number of rotatable bonds is 6. The molecular weight excluding hydrogens is 501 g/mol. The van der Waals surface area contributed by atoms with Gasteiger partial charge in [0, 0.05) is 23.7 Å². The quantitative estimate of drug-likeness (QED) is 0.169. The third-order valence-electron chi connectivity index (χ3n) is 5.41. The second-order valence-electron chi connectivity index (χ2n) is 7.82. The van der Waals surface area contributed by atoms with E-state index in [1.54, 1.807) is 0 Å². The molecule has 2 nitrogen and oxygen atoms in total. The molecule has 1 saturated heterocycles. The van der Waals surface area contributed by atoms with Crippen LogP contribution >= 0.6 is 7.92 Å². The van der Waals surface area contributed by atoms with Crippen LogP contribution in [0.5, 0.6) is 0 Å². The van der Waals surface area contributed by atoms with Gasteiger partial charge in [-0.15, -0.1) is 18.2 Å². The van der Waals surface area contributed by atoms with Crippen LogP contribution in [0.25, 0.3) is 5.32 Å². The van der Waals surface area contributed by atoms with Gasteiger partial charge in [0.2, 0.25) is 0 Å². The molecule has 4 heteroatoms. The van der Waals surface area contributed by atoms with Crippen LogP contribution in [0.1, 0.15) is 5.56 Å². The normalized spacial score (nSPS) is 16.6. The van der Waals surface area contributed by atoms with Gasteiger partial charge in [-0.2, -0.15) is 0 Å². The van der Waals surface area contributed by atoms with Crippen LogP contribution in [-0.2, 0) is 28.2 Å². The molecule has 1 aliphatic heterocycles. The van der Waals surface area contributed by atoms with Gasteiger partial charge in [-0.25, -0.2) is 5.73 Å². The van der Waals surface area contributed by atoms with Gasteiger partial charge in [0.25, 0.3) is 0 Å². The van der Waals surface area contributed by atoms with Crippen molar-refractivity contribution < 1.29 is 21.8 Å². The molecule has 3 aromatic carbocycles. The zero-order valence-corrected chi connectivity index (χ0v) is 21.3. The standard InChI is InChI=1S/C27H20NOP.C5.Fe/c1-4-11-21(12-5-1)19-22-20-29-27(28-22)25-17-10-18-26(25)30(23-13-6-2-7-14-23)24-15-8-3-9-16-24;1-2-4-5-3-1;/h1-9,11-16,22H,19-20H2;;/q2*-1;+2/t22-;;/m1../s1. The molecule has 0 spiro atoms. The first kappa shape index (κ1) is 25.8. The van der Waals surface area contributed by atoms with Crippen molar-refractivity contribution in [2.24, 2.45) is 0 Å². The van der Waals surface area contributed by atoms with Gasteiger partial charge in [-0.1, -0.05) is 102 Å². The van der Waals surface area contributed by atoms with Crippen LogP contribution in [-0.4, -0.2) is 12.6 Å². The third-order valence-corrected chi connectivity index (χ3v) is 7.82. The number of hydrogen-bond donors (Lipinski definition) is 0. The molecule has 3 aliphatic rings. The summed E-state index contributed by atoms with van der Waals surface area (Å²) in [6, 6.07) is 31.7. The molecule has 0 unspecified atom stereocenters. The first-order chi connectivity index (χ1) is 17.4. The van der Waals surface area contributed by atoms with Crippen molar-refractivity contribution in [3.05, 3.63) is 166 Å². The molecule has 0 amide bonds. The first-order valence-electron chi connectivity index (χ1n) is 11.3. The van der Waals surface area contributed by atoms with E-state index >= 15 is 0 Å². The molecule has 2 aliphatic carbocycles. The van der Waals surface area contributed by atoms with Crippen molar-refractivity contribution in [1.29, 1.82) is 0 Å². The maximum atomic E-state index is 6.03. The van der Waals surface area contributed by atoms with Crippen molar-refractivity contribution in [3.8, 4) is 0 Å². The molecule has 0 N–H and O–H groups in total. The average Bonchev–Trinajstić information content (AvgIpc) is 3.71. The maximum absolute atomic E-state index is 6.03. The fourth-order valence-electron chi connectivity index (χ4n) is 3.86. The largest absolute Gasteiger partial charge is 2.00 e. The van der Waals surface area contributed by atoms with Gasteiger partial charge in [0.1, 0.15) is 0 Å². The Hall–Kier alpha value is -3.31. The molecule has 1 atom stereocenters. The monoisotopic (exact) mass is 521 g/mol. The summed E-state index contributed by atoms with van der Waals surface area (Å²) in [7, 11) is -0.787. The summed E-state index contributed by atoms with van der Waals surface area (Å²) in [5, 5.41) is 8.50. The molecule has 36 heavy (non-hydrogen) atoms. The van der Waals surface area contributed by atoms with E-state index < -0.39 is 7.92 Å². The van der Waals surface area contributed by atoms with Crippen LogP contribution < -0.4 is 10.6 Å². The maximum Gasteiger partial charge on any atom is 2.00 e. The summed E-state index contributed by atoms with van der Waals surface area (Å²) in [5.74, 6) is 0. The van der Waals surface area contributed by atoms with Crippen molar-refractivity contribution in [1.82, 2.24) is 0 Å². The summed E-state index contributed by atoms with van der Waals surface area (Å²) in [6.45, 7) is 0.595.